The summed E-state index contributed by atoms with van der Waals surface area (Å²) in [5.74, 6) is 2.16. The molecule has 1 amide bonds. The van der Waals surface area contributed by atoms with Gasteiger partial charge in [0.1, 0.15) is 0 Å². The number of ether oxygens (including phenoxy) is 2. The zero-order chi connectivity index (χ0) is 15.8. The third kappa shape index (κ3) is 5.84. The summed E-state index contributed by atoms with van der Waals surface area (Å²) in [4.78, 5) is 12.1. The van der Waals surface area contributed by atoms with Crippen molar-refractivity contribution in [3.63, 3.8) is 0 Å². The van der Waals surface area contributed by atoms with Crippen LogP contribution in [0.3, 0.4) is 0 Å². The fraction of sp³-hybridized carbons (Fsp3) is 0.562. The Morgan fingerprint density at radius 1 is 1.24 bits per heavy atom. The molecule has 0 radical (unpaired) electrons. The number of rotatable bonds is 8. The molecule has 0 aliphatic heterocycles. The molecule has 21 heavy (non-hydrogen) atoms. The second-order valence-corrected chi connectivity index (χ2v) is 5.72. The molecule has 1 atom stereocenters. The minimum atomic E-state index is -0.0338. The molecule has 0 fully saturated rings. The lowest BCUT2D eigenvalue weighted by molar-refractivity contribution is -0.121. The molecule has 1 rings (SSSR count). The van der Waals surface area contributed by atoms with E-state index in [0.29, 0.717) is 29.7 Å². The Bertz CT molecular complexity index is 463. The van der Waals surface area contributed by atoms with Gasteiger partial charge in [0.2, 0.25) is 5.91 Å². The predicted molar refractivity (Wildman–Crippen MR) is 85.4 cm³/mol. The van der Waals surface area contributed by atoms with Crippen molar-refractivity contribution in [3.05, 3.63) is 23.8 Å². The van der Waals surface area contributed by atoms with Crippen molar-refractivity contribution in [3.8, 4) is 11.5 Å². The SMILES string of the molecule is COc1ccc(CC(=O)NC(CCl)CC(C)C)cc1OC. The lowest BCUT2D eigenvalue weighted by Gasteiger charge is -2.18. The molecule has 0 aromatic heterocycles. The molecule has 1 N–H and O–H groups in total. The highest BCUT2D eigenvalue weighted by Gasteiger charge is 2.14. The van der Waals surface area contributed by atoms with E-state index in [-0.39, 0.29) is 11.9 Å². The Balaban J connectivity index is 2.65. The molecule has 0 heterocycles. The highest BCUT2D eigenvalue weighted by atomic mass is 35.5. The average Bonchev–Trinajstić information content (AvgIpc) is 2.45. The van der Waals surface area contributed by atoms with Crippen LogP contribution >= 0.6 is 11.6 Å². The topological polar surface area (TPSA) is 47.6 Å². The van der Waals surface area contributed by atoms with Crippen LogP contribution in [0.2, 0.25) is 0 Å². The van der Waals surface area contributed by atoms with E-state index in [4.69, 9.17) is 21.1 Å². The van der Waals surface area contributed by atoms with E-state index in [1.54, 1.807) is 20.3 Å². The second kappa shape index (κ2) is 8.78. The van der Waals surface area contributed by atoms with E-state index in [1.807, 2.05) is 12.1 Å². The van der Waals surface area contributed by atoms with Crippen molar-refractivity contribution in [1.82, 2.24) is 5.32 Å². The largest absolute Gasteiger partial charge is 0.493 e. The summed E-state index contributed by atoms with van der Waals surface area (Å²) < 4.78 is 10.4. The van der Waals surface area contributed by atoms with Gasteiger partial charge in [0.05, 0.1) is 20.6 Å². The molecule has 1 aromatic carbocycles. The molecule has 1 unspecified atom stereocenters. The summed E-state index contributed by atoms with van der Waals surface area (Å²) >= 11 is 5.89. The smallest absolute Gasteiger partial charge is 0.224 e. The average molecular weight is 314 g/mol. The number of hydrogen-bond acceptors (Lipinski definition) is 3. The van der Waals surface area contributed by atoms with Crippen molar-refractivity contribution in [2.24, 2.45) is 5.92 Å². The Morgan fingerprint density at radius 3 is 2.43 bits per heavy atom. The fourth-order valence-electron chi connectivity index (χ4n) is 2.18. The predicted octanol–water partition coefficient (Wildman–Crippen LogP) is 3.02. The summed E-state index contributed by atoms with van der Waals surface area (Å²) in [7, 11) is 3.16. The quantitative estimate of drug-likeness (QED) is 0.750. The fourth-order valence-corrected chi connectivity index (χ4v) is 2.39. The molecular formula is C16H24ClNO3. The molecule has 118 valence electrons. The van der Waals surface area contributed by atoms with Gasteiger partial charge in [-0.25, -0.2) is 0 Å². The Labute approximate surface area is 131 Å². The number of amides is 1. The van der Waals surface area contributed by atoms with Crippen molar-refractivity contribution in [2.45, 2.75) is 32.7 Å². The second-order valence-electron chi connectivity index (χ2n) is 5.41. The Kier molecular flexibility index (Phi) is 7.37. The molecule has 0 aliphatic rings. The number of carbonyl (C=O) groups is 1. The molecular weight excluding hydrogens is 290 g/mol. The number of nitrogens with one attached hydrogen (secondary N) is 1. The van der Waals surface area contributed by atoms with Gasteiger partial charge >= 0.3 is 0 Å². The van der Waals surface area contributed by atoms with E-state index in [0.717, 1.165) is 12.0 Å². The normalized spacial score (nSPS) is 12.1. The molecule has 1 aromatic rings. The van der Waals surface area contributed by atoms with Gasteiger partial charge in [-0.15, -0.1) is 11.6 Å². The monoisotopic (exact) mass is 313 g/mol. The van der Waals surface area contributed by atoms with Gasteiger partial charge in [0.25, 0.3) is 0 Å². The first-order valence-electron chi connectivity index (χ1n) is 7.06. The van der Waals surface area contributed by atoms with E-state index in [2.05, 4.69) is 19.2 Å². The van der Waals surface area contributed by atoms with Crippen LogP contribution in [0.4, 0.5) is 0 Å². The van der Waals surface area contributed by atoms with Crippen molar-refractivity contribution < 1.29 is 14.3 Å². The molecule has 4 nitrogen and oxygen atoms in total. The first-order chi connectivity index (χ1) is 9.99. The minimum Gasteiger partial charge on any atom is -0.493 e. The molecule has 0 saturated carbocycles. The maximum absolute atomic E-state index is 12.1. The highest BCUT2D eigenvalue weighted by molar-refractivity contribution is 6.18. The van der Waals surface area contributed by atoms with Crippen molar-refractivity contribution >= 4 is 17.5 Å². The van der Waals surface area contributed by atoms with Crippen molar-refractivity contribution in [2.75, 3.05) is 20.1 Å². The minimum absolute atomic E-state index is 0.0133. The molecule has 0 aliphatic carbocycles. The van der Waals surface area contributed by atoms with Gasteiger partial charge in [-0.1, -0.05) is 19.9 Å². The van der Waals surface area contributed by atoms with Crippen LogP contribution in [0.25, 0.3) is 0 Å². The number of benzene rings is 1. The van der Waals surface area contributed by atoms with E-state index >= 15 is 0 Å². The lowest BCUT2D eigenvalue weighted by Crippen LogP contribution is -2.38. The van der Waals surface area contributed by atoms with E-state index in [1.165, 1.54) is 0 Å². The maximum atomic E-state index is 12.1. The van der Waals surface area contributed by atoms with Crippen LogP contribution in [-0.4, -0.2) is 32.0 Å². The van der Waals surface area contributed by atoms with Crippen molar-refractivity contribution in [1.29, 1.82) is 0 Å². The molecule has 5 heteroatoms. The van der Waals surface area contributed by atoms with E-state index < -0.39 is 0 Å². The number of hydrogen-bond donors (Lipinski definition) is 1. The van der Waals surface area contributed by atoms with Crippen LogP contribution < -0.4 is 14.8 Å². The number of carbonyl (C=O) groups excluding carboxylic acids is 1. The first-order valence-corrected chi connectivity index (χ1v) is 7.59. The highest BCUT2D eigenvalue weighted by Crippen LogP contribution is 2.27. The molecule has 0 bridgehead atoms. The van der Waals surface area contributed by atoms with Gasteiger partial charge in [-0.3, -0.25) is 4.79 Å². The number of alkyl halides is 1. The maximum Gasteiger partial charge on any atom is 0.224 e. The third-order valence-corrected chi connectivity index (χ3v) is 3.49. The van der Waals surface area contributed by atoms with Gasteiger partial charge in [0.15, 0.2) is 11.5 Å². The molecule has 0 saturated heterocycles. The first kappa shape index (κ1) is 17.6. The van der Waals surface area contributed by atoms with Crippen LogP contribution in [0, 0.1) is 5.92 Å². The lowest BCUT2D eigenvalue weighted by atomic mass is 10.0. The van der Waals surface area contributed by atoms with Crippen LogP contribution in [0.5, 0.6) is 11.5 Å². The van der Waals surface area contributed by atoms with E-state index in [9.17, 15) is 4.79 Å². The van der Waals surface area contributed by atoms with Gasteiger partial charge in [-0.05, 0) is 30.0 Å². The Hall–Kier alpha value is -1.42. The van der Waals surface area contributed by atoms with Crippen LogP contribution in [0.15, 0.2) is 18.2 Å². The number of methoxy groups -OCH3 is 2. The molecule has 0 spiro atoms. The van der Waals surface area contributed by atoms with Crippen LogP contribution in [-0.2, 0) is 11.2 Å². The van der Waals surface area contributed by atoms with Crippen LogP contribution in [0.1, 0.15) is 25.8 Å². The summed E-state index contributed by atoms with van der Waals surface area (Å²) in [6, 6.07) is 5.49. The summed E-state index contributed by atoms with van der Waals surface area (Å²) in [5.41, 5.74) is 0.878. The summed E-state index contributed by atoms with van der Waals surface area (Å²) in [5, 5.41) is 2.97. The Morgan fingerprint density at radius 2 is 1.90 bits per heavy atom. The van der Waals surface area contributed by atoms with Gasteiger partial charge < -0.3 is 14.8 Å². The summed E-state index contributed by atoms with van der Waals surface area (Å²) in [6.07, 6.45) is 1.17. The zero-order valence-corrected chi connectivity index (χ0v) is 13.9. The standard InChI is InChI=1S/C16H24ClNO3/c1-11(2)7-13(10-17)18-16(19)9-12-5-6-14(20-3)15(8-12)21-4/h5-6,8,11,13H,7,9-10H2,1-4H3,(H,18,19). The summed E-state index contributed by atoms with van der Waals surface area (Å²) in [6.45, 7) is 4.22. The third-order valence-electron chi connectivity index (χ3n) is 3.12. The number of halogens is 1. The zero-order valence-electron chi connectivity index (χ0n) is 13.1. The van der Waals surface area contributed by atoms with Gasteiger partial charge in [-0.2, -0.15) is 0 Å². The van der Waals surface area contributed by atoms with Gasteiger partial charge in [0, 0.05) is 11.9 Å².